The average molecular weight is 309 g/mol. The highest BCUT2D eigenvalue weighted by molar-refractivity contribution is 5.31. The molecule has 0 saturated heterocycles. The number of ether oxygens (including phenoxy) is 1. The summed E-state index contributed by atoms with van der Waals surface area (Å²) in [6, 6.07) is 13.6. The van der Waals surface area contributed by atoms with Crippen molar-refractivity contribution in [2.24, 2.45) is 0 Å². The summed E-state index contributed by atoms with van der Waals surface area (Å²) in [4.78, 5) is 4.13. The quantitative estimate of drug-likeness (QED) is 0.760. The normalized spacial score (nSPS) is 10.7. The molecule has 0 aliphatic carbocycles. The average Bonchev–Trinajstić information content (AvgIpc) is 2.96. The van der Waals surface area contributed by atoms with Crippen LogP contribution in [-0.2, 0) is 13.0 Å². The van der Waals surface area contributed by atoms with E-state index in [-0.39, 0.29) is 6.61 Å². The van der Waals surface area contributed by atoms with E-state index in [1.807, 2.05) is 54.1 Å². The van der Waals surface area contributed by atoms with E-state index in [9.17, 15) is 0 Å². The van der Waals surface area contributed by atoms with Crippen molar-refractivity contribution in [3.05, 3.63) is 71.8 Å². The number of aromatic nitrogens is 3. The number of aryl methyl sites for hydroxylation is 1. The molecule has 3 rings (SSSR count). The Hall–Kier alpha value is -2.66. The largest absolute Gasteiger partial charge is 0.487 e. The van der Waals surface area contributed by atoms with Gasteiger partial charge in [0.25, 0.3) is 0 Å². The summed E-state index contributed by atoms with van der Waals surface area (Å²) >= 11 is 0. The summed E-state index contributed by atoms with van der Waals surface area (Å²) in [6.07, 6.45) is 4.18. The number of pyridine rings is 1. The molecule has 0 aliphatic heterocycles. The predicted octanol–water partition coefficient (Wildman–Crippen LogP) is 2.69. The number of hydrogen-bond donors (Lipinski definition) is 1. The molecule has 0 aliphatic rings. The SMILES string of the molecule is Cc1cc(COc2ccc(CCO)cc2)n(-c2cccnc2)n1. The summed E-state index contributed by atoms with van der Waals surface area (Å²) in [7, 11) is 0. The minimum absolute atomic E-state index is 0.157. The van der Waals surface area contributed by atoms with Crippen LogP contribution in [0.3, 0.4) is 0 Å². The fraction of sp³-hybridized carbons (Fsp3) is 0.222. The molecule has 0 unspecified atom stereocenters. The molecule has 1 aromatic carbocycles. The molecule has 5 heteroatoms. The van der Waals surface area contributed by atoms with Gasteiger partial charge in [0.05, 0.1) is 23.3 Å². The standard InChI is InChI=1S/C18H19N3O2/c1-14-11-17(21(20-14)16-3-2-9-19-12-16)13-23-18-6-4-15(5-7-18)8-10-22/h2-7,9,11-12,22H,8,10,13H2,1H3. The molecule has 0 radical (unpaired) electrons. The monoisotopic (exact) mass is 309 g/mol. The van der Waals surface area contributed by atoms with Crippen LogP contribution in [0.5, 0.6) is 5.75 Å². The first-order valence-corrected chi connectivity index (χ1v) is 7.55. The number of nitrogens with zero attached hydrogens (tertiary/aromatic N) is 3. The van der Waals surface area contributed by atoms with E-state index in [0.29, 0.717) is 13.0 Å². The zero-order chi connectivity index (χ0) is 16.1. The van der Waals surface area contributed by atoms with Crippen LogP contribution >= 0.6 is 0 Å². The Bertz CT molecular complexity index is 752. The number of aliphatic hydroxyl groups is 1. The highest BCUT2D eigenvalue weighted by atomic mass is 16.5. The molecule has 2 heterocycles. The van der Waals surface area contributed by atoms with Crippen LogP contribution in [0.2, 0.25) is 0 Å². The molecule has 0 saturated carbocycles. The summed E-state index contributed by atoms with van der Waals surface area (Å²) < 4.78 is 7.71. The summed E-state index contributed by atoms with van der Waals surface area (Å²) in [5.41, 5.74) is 3.91. The van der Waals surface area contributed by atoms with Gasteiger partial charge in [-0.25, -0.2) is 4.68 Å². The molecule has 2 aromatic heterocycles. The second-order valence-electron chi connectivity index (χ2n) is 5.31. The van der Waals surface area contributed by atoms with Gasteiger partial charge in [0, 0.05) is 12.8 Å². The third-order valence-corrected chi connectivity index (χ3v) is 3.51. The van der Waals surface area contributed by atoms with Gasteiger partial charge in [-0.2, -0.15) is 5.10 Å². The lowest BCUT2D eigenvalue weighted by Gasteiger charge is -2.09. The third-order valence-electron chi connectivity index (χ3n) is 3.51. The first-order valence-electron chi connectivity index (χ1n) is 7.55. The van der Waals surface area contributed by atoms with Crippen molar-refractivity contribution in [1.29, 1.82) is 0 Å². The number of hydrogen-bond acceptors (Lipinski definition) is 4. The van der Waals surface area contributed by atoms with Crippen molar-refractivity contribution in [3.63, 3.8) is 0 Å². The van der Waals surface area contributed by atoms with Crippen molar-refractivity contribution in [2.45, 2.75) is 20.0 Å². The molecule has 0 spiro atoms. The van der Waals surface area contributed by atoms with Crippen molar-refractivity contribution >= 4 is 0 Å². The topological polar surface area (TPSA) is 60.2 Å². The fourth-order valence-corrected chi connectivity index (χ4v) is 2.40. The lowest BCUT2D eigenvalue weighted by atomic mass is 10.1. The van der Waals surface area contributed by atoms with E-state index in [4.69, 9.17) is 9.84 Å². The van der Waals surface area contributed by atoms with Crippen molar-refractivity contribution in [3.8, 4) is 11.4 Å². The van der Waals surface area contributed by atoms with Crippen LogP contribution in [-0.4, -0.2) is 26.5 Å². The molecular formula is C18H19N3O2. The molecule has 1 N–H and O–H groups in total. The van der Waals surface area contributed by atoms with E-state index in [1.165, 1.54) is 0 Å². The first-order chi connectivity index (χ1) is 11.3. The summed E-state index contributed by atoms with van der Waals surface area (Å²) in [5, 5.41) is 13.4. The Kier molecular flexibility index (Phi) is 4.68. The van der Waals surface area contributed by atoms with E-state index in [2.05, 4.69) is 10.1 Å². The Morgan fingerprint density at radius 2 is 2.00 bits per heavy atom. The second kappa shape index (κ2) is 7.07. The number of rotatable bonds is 6. The maximum absolute atomic E-state index is 8.94. The van der Waals surface area contributed by atoms with Crippen molar-refractivity contribution < 1.29 is 9.84 Å². The molecule has 0 amide bonds. The minimum atomic E-state index is 0.157. The summed E-state index contributed by atoms with van der Waals surface area (Å²) in [5.74, 6) is 0.795. The zero-order valence-corrected chi connectivity index (χ0v) is 13.0. The zero-order valence-electron chi connectivity index (χ0n) is 13.0. The van der Waals surface area contributed by atoms with E-state index >= 15 is 0 Å². The maximum atomic E-state index is 8.94. The van der Waals surface area contributed by atoms with Gasteiger partial charge in [-0.05, 0) is 49.2 Å². The second-order valence-corrected chi connectivity index (χ2v) is 5.31. The van der Waals surface area contributed by atoms with Crippen molar-refractivity contribution in [2.75, 3.05) is 6.61 Å². The molecular weight excluding hydrogens is 290 g/mol. The van der Waals surface area contributed by atoms with Crippen LogP contribution in [0.15, 0.2) is 54.9 Å². The van der Waals surface area contributed by atoms with Gasteiger partial charge < -0.3 is 9.84 Å². The van der Waals surface area contributed by atoms with Gasteiger partial charge in [0.1, 0.15) is 12.4 Å². The summed E-state index contributed by atoms with van der Waals surface area (Å²) in [6.45, 7) is 2.54. The van der Waals surface area contributed by atoms with Gasteiger partial charge in [-0.1, -0.05) is 12.1 Å². The number of aliphatic hydroxyl groups excluding tert-OH is 1. The lowest BCUT2D eigenvalue weighted by Crippen LogP contribution is -2.06. The molecule has 0 fully saturated rings. The third kappa shape index (κ3) is 3.76. The Morgan fingerprint density at radius 3 is 2.70 bits per heavy atom. The van der Waals surface area contributed by atoms with E-state index < -0.39 is 0 Å². The maximum Gasteiger partial charge on any atom is 0.130 e. The molecule has 3 aromatic rings. The Labute approximate surface area is 135 Å². The van der Waals surface area contributed by atoms with Gasteiger partial charge >= 0.3 is 0 Å². The highest BCUT2D eigenvalue weighted by Gasteiger charge is 2.08. The van der Waals surface area contributed by atoms with Gasteiger partial charge in [0.2, 0.25) is 0 Å². The van der Waals surface area contributed by atoms with Gasteiger partial charge in [-0.15, -0.1) is 0 Å². The first kappa shape index (κ1) is 15.2. The molecule has 23 heavy (non-hydrogen) atoms. The van der Waals surface area contributed by atoms with Crippen LogP contribution in [0.25, 0.3) is 5.69 Å². The molecule has 0 atom stereocenters. The lowest BCUT2D eigenvalue weighted by molar-refractivity contribution is 0.295. The van der Waals surface area contributed by atoms with Gasteiger partial charge in [-0.3, -0.25) is 4.98 Å². The van der Waals surface area contributed by atoms with Crippen LogP contribution in [0.4, 0.5) is 0 Å². The van der Waals surface area contributed by atoms with Crippen LogP contribution in [0.1, 0.15) is 17.0 Å². The van der Waals surface area contributed by atoms with Gasteiger partial charge in [0.15, 0.2) is 0 Å². The van der Waals surface area contributed by atoms with Crippen molar-refractivity contribution in [1.82, 2.24) is 14.8 Å². The Balaban J connectivity index is 1.73. The fourth-order valence-electron chi connectivity index (χ4n) is 2.40. The Morgan fingerprint density at radius 1 is 1.17 bits per heavy atom. The van der Waals surface area contributed by atoms with Crippen LogP contribution in [0, 0.1) is 6.92 Å². The predicted molar refractivity (Wildman–Crippen MR) is 87.7 cm³/mol. The highest BCUT2D eigenvalue weighted by Crippen LogP contribution is 2.17. The van der Waals surface area contributed by atoms with E-state index in [0.717, 1.165) is 28.4 Å². The molecule has 118 valence electrons. The number of benzene rings is 1. The molecule has 0 bridgehead atoms. The molecule has 5 nitrogen and oxygen atoms in total. The van der Waals surface area contributed by atoms with E-state index in [1.54, 1.807) is 12.4 Å². The van der Waals surface area contributed by atoms with Crippen LogP contribution < -0.4 is 4.74 Å². The smallest absolute Gasteiger partial charge is 0.130 e. The minimum Gasteiger partial charge on any atom is -0.487 e.